The summed E-state index contributed by atoms with van der Waals surface area (Å²) in [5.41, 5.74) is 3.20. The lowest BCUT2D eigenvalue weighted by atomic mass is 10.1. The maximum absolute atomic E-state index is 9.45. The summed E-state index contributed by atoms with van der Waals surface area (Å²) in [6.07, 6.45) is 0.806. The Labute approximate surface area is 113 Å². The predicted molar refractivity (Wildman–Crippen MR) is 73.8 cm³/mol. The van der Waals surface area contributed by atoms with Crippen LogP contribution in [-0.4, -0.2) is 22.9 Å². The van der Waals surface area contributed by atoms with Crippen LogP contribution in [0.4, 0.5) is 0 Å². The number of aryl methyl sites for hydroxylation is 2. The second-order valence-electron chi connectivity index (χ2n) is 4.75. The van der Waals surface area contributed by atoms with Gasteiger partial charge in [0.1, 0.15) is 5.76 Å². The lowest BCUT2D eigenvalue weighted by molar-refractivity contribution is 0.240. The van der Waals surface area contributed by atoms with Gasteiger partial charge in [-0.15, -0.1) is 0 Å². The van der Waals surface area contributed by atoms with E-state index < -0.39 is 0 Å². The molecule has 0 spiro atoms. The Morgan fingerprint density at radius 2 is 2.00 bits per heavy atom. The van der Waals surface area contributed by atoms with E-state index in [9.17, 15) is 5.11 Å². The maximum Gasteiger partial charge on any atom is 0.138 e. The Kier molecular flexibility index (Phi) is 4.71. The van der Waals surface area contributed by atoms with Crippen LogP contribution < -0.4 is 5.32 Å². The van der Waals surface area contributed by atoms with Crippen molar-refractivity contribution in [1.29, 1.82) is 0 Å². The lowest BCUT2D eigenvalue weighted by Crippen LogP contribution is -2.34. The molecule has 4 heteroatoms. The highest BCUT2D eigenvalue weighted by molar-refractivity contribution is 5.21. The Morgan fingerprint density at radius 1 is 1.26 bits per heavy atom. The van der Waals surface area contributed by atoms with Crippen LogP contribution in [0, 0.1) is 13.8 Å². The number of rotatable bonds is 6. The molecule has 0 amide bonds. The molecule has 2 aromatic rings. The lowest BCUT2D eigenvalue weighted by Gasteiger charge is -2.16. The van der Waals surface area contributed by atoms with Crippen LogP contribution in [-0.2, 0) is 13.0 Å². The standard InChI is InChI=1S/C15H20N2O2/c1-11-15(12(2)19-17-11)9-16-14(10-18)8-13-6-4-3-5-7-13/h3-7,14,16,18H,8-10H2,1-2H3. The number of hydrogen-bond donors (Lipinski definition) is 2. The number of nitrogens with zero attached hydrogens (tertiary/aromatic N) is 1. The normalized spacial score (nSPS) is 12.6. The van der Waals surface area contributed by atoms with Crippen LogP contribution in [0.5, 0.6) is 0 Å². The van der Waals surface area contributed by atoms with Crippen LogP contribution in [0.15, 0.2) is 34.9 Å². The molecule has 1 aromatic carbocycles. The summed E-state index contributed by atoms with van der Waals surface area (Å²) in [7, 11) is 0. The number of benzene rings is 1. The van der Waals surface area contributed by atoms with Gasteiger partial charge in [0, 0.05) is 18.2 Å². The van der Waals surface area contributed by atoms with E-state index in [1.165, 1.54) is 5.56 Å². The first-order valence-electron chi connectivity index (χ1n) is 6.50. The first kappa shape index (κ1) is 13.8. The molecule has 0 aliphatic heterocycles. The smallest absolute Gasteiger partial charge is 0.138 e. The molecule has 1 atom stereocenters. The van der Waals surface area contributed by atoms with Crippen molar-refractivity contribution in [2.45, 2.75) is 32.9 Å². The van der Waals surface area contributed by atoms with Gasteiger partial charge in [-0.05, 0) is 25.8 Å². The number of aliphatic hydroxyl groups is 1. The van der Waals surface area contributed by atoms with Crippen molar-refractivity contribution in [3.8, 4) is 0 Å². The minimum atomic E-state index is 0.0381. The predicted octanol–water partition coefficient (Wildman–Crippen LogP) is 1.98. The van der Waals surface area contributed by atoms with Crippen molar-refractivity contribution in [2.24, 2.45) is 0 Å². The molecule has 1 aromatic heterocycles. The zero-order valence-corrected chi connectivity index (χ0v) is 11.4. The highest BCUT2D eigenvalue weighted by Gasteiger charge is 2.12. The zero-order valence-electron chi connectivity index (χ0n) is 11.4. The summed E-state index contributed by atoms with van der Waals surface area (Å²) in [4.78, 5) is 0. The van der Waals surface area contributed by atoms with E-state index in [0.717, 1.165) is 23.4 Å². The van der Waals surface area contributed by atoms with Gasteiger partial charge in [0.05, 0.1) is 12.3 Å². The number of nitrogens with one attached hydrogen (secondary N) is 1. The molecule has 2 rings (SSSR count). The summed E-state index contributed by atoms with van der Waals surface area (Å²) in [5.74, 6) is 0.835. The molecule has 1 unspecified atom stereocenters. The van der Waals surface area contributed by atoms with Crippen LogP contribution in [0.25, 0.3) is 0 Å². The van der Waals surface area contributed by atoms with Gasteiger partial charge in [-0.25, -0.2) is 0 Å². The fourth-order valence-corrected chi connectivity index (χ4v) is 2.10. The van der Waals surface area contributed by atoms with E-state index in [2.05, 4.69) is 22.6 Å². The van der Waals surface area contributed by atoms with Crippen molar-refractivity contribution in [3.63, 3.8) is 0 Å². The highest BCUT2D eigenvalue weighted by atomic mass is 16.5. The average molecular weight is 260 g/mol. The molecule has 0 aliphatic rings. The summed E-state index contributed by atoms with van der Waals surface area (Å²) in [6.45, 7) is 4.61. The van der Waals surface area contributed by atoms with Gasteiger partial charge in [-0.1, -0.05) is 35.5 Å². The first-order chi connectivity index (χ1) is 9.20. The van der Waals surface area contributed by atoms with E-state index in [1.807, 2.05) is 32.0 Å². The van der Waals surface area contributed by atoms with Crippen LogP contribution in [0.1, 0.15) is 22.6 Å². The Bertz CT molecular complexity index is 489. The second-order valence-corrected chi connectivity index (χ2v) is 4.75. The van der Waals surface area contributed by atoms with Crippen molar-refractivity contribution in [2.75, 3.05) is 6.61 Å². The topological polar surface area (TPSA) is 58.3 Å². The van der Waals surface area contributed by atoms with E-state index >= 15 is 0 Å². The summed E-state index contributed by atoms with van der Waals surface area (Å²) in [5, 5.41) is 16.7. The van der Waals surface area contributed by atoms with Gasteiger partial charge >= 0.3 is 0 Å². The summed E-state index contributed by atoms with van der Waals surface area (Å²) < 4.78 is 5.13. The molecule has 19 heavy (non-hydrogen) atoms. The van der Waals surface area contributed by atoms with Gasteiger partial charge in [0.25, 0.3) is 0 Å². The molecule has 0 saturated carbocycles. The van der Waals surface area contributed by atoms with Crippen LogP contribution in [0.3, 0.4) is 0 Å². The van der Waals surface area contributed by atoms with E-state index in [1.54, 1.807) is 0 Å². The minimum absolute atomic E-state index is 0.0381. The van der Waals surface area contributed by atoms with Crippen LogP contribution in [0.2, 0.25) is 0 Å². The van der Waals surface area contributed by atoms with Crippen LogP contribution >= 0.6 is 0 Å². The Morgan fingerprint density at radius 3 is 2.58 bits per heavy atom. The van der Waals surface area contributed by atoms with Crippen molar-refractivity contribution in [1.82, 2.24) is 10.5 Å². The molecule has 0 fully saturated rings. The minimum Gasteiger partial charge on any atom is -0.395 e. The summed E-state index contributed by atoms with van der Waals surface area (Å²) in [6, 6.07) is 10.2. The maximum atomic E-state index is 9.45. The van der Waals surface area contributed by atoms with E-state index in [-0.39, 0.29) is 12.6 Å². The number of aliphatic hydroxyl groups excluding tert-OH is 1. The zero-order chi connectivity index (χ0) is 13.7. The molecular formula is C15H20N2O2. The van der Waals surface area contributed by atoms with Gasteiger partial charge in [0.2, 0.25) is 0 Å². The Balaban J connectivity index is 1.93. The largest absolute Gasteiger partial charge is 0.395 e. The Hall–Kier alpha value is -1.65. The number of aromatic nitrogens is 1. The first-order valence-corrected chi connectivity index (χ1v) is 6.50. The summed E-state index contributed by atoms with van der Waals surface area (Å²) >= 11 is 0. The van der Waals surface area contributed by atoms with E-state index in [4.69, 9.17) is 4.52 Å². The van der Waals surface area contributed by atoms with Crippen molar-refractivity contribution < 1.29 is 9.63 Å². The quantitative estimate of drug-likeness (QED) is 0.834. The molecule has 0 aliphatic carbocycles. The number of hydrogen-bond acceptors (Lipinski definition) is 4. The van der Waals surface area contributed by atoms with Gasteiger partial charge in [-0.3, -0.25) is 0 Å². The SMILES string of the molecule is Cc1noc(C)c1CNC(CO)Cc1ccccc1. The fraction of sp³-hybridized carbons (Fsp3) is 0.400. The van der Waals surface area contributed by atoms with Gasteiger partial charge in [-0.2, -0.15) is 0 Å². The van der Waals surface area contributed by atoms with E-state index in [0.29, 0.717) is 6.54 Å². The molecule has 0 radical (unpaired) electrons. The molecule has 4 nitrogen and oxygen atoms in total. The van der Waals surface area contributed by atoms with Gasteiger partial charge < -0.3 is 14.9 Å². The monoisotopic (exact) mass is 260 g/mol. The average Bonchev–Trinajstić information content (AvgIpc) is 2.75. The highest BCUT2D eigenvalue weighted by Crippen LogP contribution is 2.12. The second kappa shape index (κ2) is 6.50. The molecule has 2 N–H and O–H groups in total. The molecule has 1 heterocycles. The van der Waals surface area contributed by atoms with Gasteiger partial charge in [0.15, 0.2) is 0 Å². The fourth-order valence-electron chi connectivity index (χ4n) is 2.10. The molecule has 102 valence electrons. The third-order valence-electron chi connectivity index (χ3n) is 3.29. The molecular weight excluding hydrogens is 240 g/mol. The van der Waals surface area contributed by atoms with Crippen molar-refractivity contribution in [3.05, 3.63) is 52.9 Å². The van der Waals surface area contributed by atoms with Crippen molar-refractivity contribution >= 4 is 0 Å². The third kappa shape index (κ3) is 3.66. The third-order valence-corrected chi connectivity index (χ3v) is 3.29. The molecule has 0 saturated heterocycles. The molecule has 0 bridgehead atoms.